The van der Waals surface area contributed by atoms with Gasteiger partial charge in [0.25, 0.3) is 0 Å². The molecule has 76 valence electrons. The van der Waals surface area contributed by atoms with Crippen molar-refractivity contribution in [3.8, 4) is 0 Å². The average Bonchev–Trinajstić information content (AvgIpc) is 1.99. The van der Waals surface area contributed by atoms with Crippen LogP contribution in [0, 0.1) is 5.41 Å². The smallest absolute Gasteiger partial charge is 0.318 e. The molecule has 13 heavy (non-hydrogen) atoms. The standard InChI is InChI=1S/C9H18N2O2/c1-4-5-6-9(2,3)7(12)11-8(10)13/h4-6H2,1-3H3,(H3,10,11,12,13). The molecule has 3 N–H and O–H groups in total. The predicted molar refractivity (Wildman–Crippen MR) is 51.0 cm³/mol. The summed E-state index contributed by atoms with van der Waals surface area (Å²) in [4.78, 5) is 21.8. The number of unbranched alkanes of at least 4 members (excludes halogenated alkanes) is 1. The SMILES string of the molecule is CCCCC(C)(C)C(=O)NC(N)=O. The lowest BCUT2D eigenvalue weighted by Gasteiger charge is -2.21. The maximum Gasteiger partial charge on any atom is 0.318 e. The first kappa shape index (κ1) is 11.9. The summed E-state index contributed by atoms with van der Waals surface area (Å²) in [5.41, 5.74) is 4.34. The molecule has 0 aliphatic heterocycles. The highest BCUT2D eigenvalue weighted by Crippen LogP contribution is 2.22. The third kappa shape index (κ3) is 4.50. The molecule has 4 nitrogen and oxygen atoms in total. The van der Waals surface area contributed by atoms with Crippen LogP contribution in [0.15, 0.2) is 0 Å². The Labute approximate surface area is 78.9 Å². The predicted octanol–water partition coefficient (Wildman–Crippen LogP) is 1.40. The second-order valence-corrected chi connectivity index (χ2v) is 3.81. The third-order valence-corrected chi connectivity index (χ3v) is 2.01. The van der Waals surface area contributed by atoms with Crippen molar-refractivity contribution in [1.29, 1.82) is 0 Å². The van der Waals surface area contributed by atoms with Crippen LogP contribution in [0.3, 0.4) is 0 Å². The molecule has 0 aromatic heterocycles. The number of urea groups is 1. The first-order valence-corrected chi connectivity index (χ1v) is 4.51. The van der Waals surface area contributed by atoms with E-state index in [9.17, 15) is 9.59 Å². The third-order valence-electron chi connectivity index (χ3n) is 2.01. The fourth-order valence-electron chi connectivity index (χ4n) is 1.01. The Hall–Kier alpha value is -1.06. The van der Waals surface area contributed by atoms with E-state index in [2.05, 4.69) is 12.2 Å². The molecule has 0 radical (unpaired) electrons. The van der Waals surface area contributed by atoms with Crippen molar-refractivity contribution in [1.82, 2.24) is 5.32 Å². The van der Waals surface area contributed by atoms with Gasteiger partial charge in [-0.1, -0.05) is 33.6 Å². The van der Waals surface area contributed by atoms with Crippen molar-refractivity contribution >= 4 is 11.9 Å². The molecular formula is C9H18N2O2. The Morgan fingerprint density at radius 2 is 1.92 bits per heavy atom. The van der Waals surface area contributed by atoms with E-state index >= 15 is 0 Å². The molecule has 0 bridgehead atoms. The molecule has 0 aliphatic carbocycles. The van der Waals surface area contributed by atoms with E-state index in [-0.39, 0.29) is 5.91 Å². The average molecular weight is 186 g/mol. The zero-order chi connectivity index (χ0) is 10.5. The number of amides is 3. The summed E-state index contributed by atoms with van der Waals surface area (Å²) in [5, 5.41) is 2.09. The normalized spacial score (nSPS) is 11.0. The molecule has 0 saturated carbocycles. The first-order chi connectivity index (χ1) is 5.90. The number of carbonyl (C=O) groups is 2. The Kier molecular flexibility index (Phi) is 4.45. The van der Waals surface area contributed by atoms with E-state index in [4.69, 9.17) is 5.73 Å². The Bertz CT molecular complexity index is 200. The summed E-state index contributed by atoms with van der Waals surface area (Å²) < 4.78 is 0. The summed E-state index contributed by atoms with van der Waals surface area (Å²) >= 11 is 0. The second-order valence-electron chi connectivity index (χ2n) is 3.81. The second kappa shape index (κ2) is 4.84. The molecule has 0 aliphatic rings. The lowest BCUT2D eigenvalue weighted by molar-refractivity contribution is -0.128. The van der Waals surface area contributed by atoms with Crippen LogP contribution in [0.1, 0.15) is 40.0 Å². The highest BCUT2D eigenvalue weighted by molar-refractivity contribution is 5.96. The molecule has 4 heteroatoms. The van der Waals surface area contributed by atoms with Gasteiger partial charge in [-0.3, -0.25) is 10.1 Å². The van der Waals surface area contributed by atoms with Crippen LogP contribution in [0.2, 0.25) is 0 Å². The lowest BCUT2D eigenvalue weighted by atomic mass is 9.86. The molecule has 0 aromatic carbocycles. The summed E-state index contributed by atoms with van der Waals surface area (Å²) in [6, 6.07) is -0.783. The van der Waals surface area contributed by atoms with Crippen LogP contribution in [0.25, 0.3) is 0 Å². The number of hydrogen-bond acceptors (Lipinski definition) is 2. The highest BCUT2D eigenvalue weighted by atomic mass is 16.2. The number of primary amides is 1. The maximum absolute atomic E-state index is 11.4. The number of imide groups is 1. The van der Waals surface area contributed by atoms with Gasteiger partial charge in [-0.2, -0.15) is 0 Å². The number of carbonyl (C=O) groups excluding carboxylic acids is 2. The van der Waals surface area contributed by atoms with Gasteiger partial charge in [-0.25, -0.2) is 4.79 Å². The van der Waals surface area contributed by atoms with Crippen LogP contribution in [0.5, 0.6) is 0 Å². The minimum Gasteiger partial charge on any atom is -0.351 e. The van der Waals surface area contributed by atoms with Crippen molar-refractivity contribution in [3.63, 3.8) is 0 Å². The minimum atomic E-state index is -0.783. The number of nitrogens with two attached hydrogens (primary N) is 1. The summed E-state index contributed by atoms with van der Waals surface area (Å²) in [7, 11) is 0. The van der Waals surface area contributed by atoms with Gasteiger partial charge in [-0.05, 0) is 6.42 Å². The molecule has 0 heterocycles. The van der Waals surface area contributed by atoms with Crippen LogP contribution in [0.4, 0.5) is 4.79 Å². The highest BCUT2D eigenvalue weighted by Gasteiger charge is 2.27. The molecular weight excluding hydrogens is 168 g/mol. The van der Waals surface area contributed by atoms with Gasteiger partial charge in [0, 0.05) is 5.41 Å². The van der Waals surface area contributed by atoms with Gasteiger partial charge in [-0.15, -0.1) is 0 Å². The van der Waals surface area contributed by atoms with E-state index in [1.807, 2.05) is 0 Å². The molecule has 0 atom stereocenters. The molecule has 0 spiro atoms. The Morgan fingerprint density at radius 3 is 2.31 bits per heavy atom. The minimum absolute atomic E-state index is 0.298. The number of hydrogen-bond donors (Lipinski definition) is 2. The van der Waals surface area contributed by atoms with Crippen LogP contribution >= 0.6 is 0 Å². The van der Waals surface area contributed by atoms with Crippen LogP contribution in [-0.4, -0.2) is 11.9 Å². The van der Waals surface area contributed by atoms with E-state index in [0.29, 0.717) is 0 Å². The van der Waals surface area contributed by atoms with Gasteiger partial charge in [0.05, 0.1) is 0 Å². The molecule has 0 unspecified atom stereocenters. The maximum atomic E-state index is 11.4. The van der Waals surface area contributed by atoms with E-state index in [1.165, 1.54) is 0 Å². The van der Waals surface area contributed by atoms with Gasteiger partial charge in [0.1, 0.15) is 0 Å². The lowest BCUT2D eigenvalue weighted by Crippen LogP contribution is -2.43. The Morgan fingerprint density at radius 1 is 1.38 bits per heavy atom. The van der Waals surface area contributed by atoms with Gasteiger partial charge in [0.2, 0.25) is 5.91 Å². The fraction of sp³-hybridized carbons (Fsp3) is 0.778. The molecule has 0 fully saturated rings. The summed E-state index contributed by atoms with van der Waals surface area (Å²) in [6.45, 7) is 5.67. The number of rotatable bonds is 4. The van der Waals surface area contributed by atoms with Gasteiger partial charge < -0.3 is 5.73 Å². The van der Waals surface area contributed by atoms with Crippen molar-refractivity contribution in [2.45, 2.75) is 40.0 Å². The molecule has 0 saturated heterocycles. The van der Waals surface area contributed by atoms with Crippen molar-refractivity contribution < 1.29 is 9.59 Å². The summed E-state index contributed by atoms with van der Waals surface area (Å²) in [6.07, 6.45) is 2.77. The Balaban J connectivity index is 4.10. The molecule has 0 rings (SSSR count). The van der Waals surface area contributed by atoms with E-state index < -0.39 is 11.4 Å². The van der Waals surface area contributed by atoms with Crippen LogP contribution in [-0.2, 0) is 4.79 Å². The largest absolute Gasteiger partial charge is 0.351 e. The topological polar surface area (TPSA) is 72.2 Å². The summed E-state index contributed by atoms with van der Waals surface area (Å²) in [5.74, 6) is -0.298. The zero-order valence-corrected chi connectivity index (χ0v) is 8.52. The zero-order valence-electron chi connectivity index (χ0n) is 8.52. The molecule has 3 amide bonds. The molecule has 0 aromatic rings. The van der Waals surface area contributed by atoms with Crippen molar-refractivity contribution in [2.75, 3.05) is 0 Å². The van der Waals surface area contributed by atoms with E-state index in [0.717, 1.165) is 19.3 Å². The van der Waals surface area contributed by atoms with Gasteiger partial charge >= 0.3 is 6.03 Å². The monoisotopic (exact) mass is 186 g/mol. The van der Waals surface area contributed by atoms with E-state index in [1.54, 1.807) is 13.8 Å². The van der Waals surface area contributed by atoms with Gasteiger partial charge in [0.15, 0.2) is 0 Å². The van der Waals surface area contributed by atoms with Crippen molar-refractivity contribution in [2.24, 2.45) is 11.1 Å². The van der Waals surface area contributed by atoms with Crippen molar-refractivity contribution in [3.05, 3.63) is 0 Å². The number of nitrogens with one attached hydrogen (secondary N) is 1. The first-order valence-electron chi connectivity index (χ1n) is 4.51. The fourth-order valence-corrected chi connectivity index (χ4v) is 1.01. The quantitative estimate of drug-likeness (QED) is 0.696. The van der Waals surface area contributed by atoms with Crippen LogP contribution < -0.4 is 11.1 Å².